The Kier molecular flexibility index (Phi) is 6.23. The highest BCUT2D eigenvalue weighted by molar-refractivity contribution is 7.15. The van der Waals surface area contributed by atoms with Crippen LogP contribution in [0.1, 0.15) is 15.4 Å². The summed E-state index contributed by atoms with van der Waals surface area (Å²) in [6, 6.07) is 16.0. The van der Waals surface area contributed by atoms with E-state index in [9.17, 15) is 18.7 Å². The van der Waals surface area contributed by atoms with Crippen molar-refractivity contribution in [2.45, 2.75) is 6.61 Å². The minimum atomic E-state index is -1.22. The van der Waals surface area contributed by atoms with Crippen molar-refractivity contribution in [3.63, 3.8) is 0 Å². The molecule has 0 fully saturated rings. The standard InChI is InChI=1S/C24H18F2N2O4S/c1-31-16-7-5-13(6-8-16)22-23(14-3-2-4-15(29)11-14)33-19(28-22)12-32-18-10-9-17(25)20(21(18)26)24(27)30/h2-11,29H,12H2,1H3,(H2,27,30). The van der Waals surface area contributed by atoms with E-state index in [0.717, 1.165) is 28.1 Å². The van der Waals surface area contributed by atoms with Gasteiger partial charge in [-0.25, -0.2) is 13.8 Å². The van der Waals surface area contributed by atoms with Crippen LogP contribution in [0.15, 0.2) is 60.7 Å². The Hall–Kier alpha value is -3.98. The Balaban J connectivity index is 1.70. The number of amides is 1. The number of thiazole rings is 1. The molecule has 0 saturated heterocycles. The van der Waals surface area contributed by atoms with Crippen LogP contribution < -0.4 is 15.2 Å². The van der Waals surface area contributed by atoms with Crippen LogP contribution in [0.5, 0.6) is 17.2 Å². The summed E-state index contributed by atoms with van der Waals surface area (Å²) in [6.07, 6.45) is 0. The number of ether oxygens (including phenoxy) is 2. The number of halogens is 2. The van der Waals surface area contributed by atoms with Gasteiger partial charge < -0.3 is 20.3 Å². The van der Waals surface area contributed by atoms with E-state index in [2.05, 4.69) is 4.98 Å². The molecule has 1 amide bonds. The molecule has 0 aliphatic rings. The van der Waals surface area contributed by atoms with E-state index in [1.807, 2.05) is 18.2 Å². The number of methoxy groups -OCH3 is 1. The van der Waals surface area contributed by atoms with Crippen molar-refractivity contribution in [1.29, 1.82) is 0 Å². The lowest BCUT2D eigenvalue weighted by molar-refractivity contribution is 0.0991. The second kappa shape index (κ2) is 9.25. The molecule has 4 aromatic rings. The van der Waals surface area contributed by atoms with Crippen LogP contribution in [0.3, 0.4) is 0 Å². The third kappa shape index (κ3) is 4.63. The second-order valence-electron chi connectivity index (χ2n) is 6.95. The van der Waals surface area contributed by atoms with Crippen molar-refractivity contribution < 1.29 is 28.2 Å². The second-order valence-corrected chi connectivity index (χ2v) is 8.04. The Bertz CT molecular complexity index is 1320. The van der Waals surface area contributed by atoms with Crippen LogP contribution in [0.4, 0.5) is 8.78 Å². The molecule has 1 heterocycles. The van der Waals surface area contributed by atoms with Gasteiger partial charge in [0.05, 0.1) is 17.7 Å². The zero-order valence-electron chi connectivity index (χ0n) is 17.3. The molecule has 3 N–H and O–H groups in total. The molecule has 0 aliphatic carbocycles. The van der Waals surface area contributed by atoms with Gasteiger partial charge in [-0.15, -0.1) is 11.3 Å². The minimum absolute atomic E-state index is 0.103. The number of hydrogen-bond acceptors (Lipinski definition) is 6. The lowest BCUT2D eigenvalue weighted by atomic mass is 10.1. The molecule has 0 aliphatic heterocycles. The van der Waals surface area contributed by atoms with Crippen LogP contribution in [0.2, 0.25) is 0 Å². The quantitative estimate of drug-likeness (QED) is 0.391. The Morgan fingerprint density at radius 2 is 1.85 bits per heavy atom. The summed E-state index contributed by atoms with van der Waals surface area (Å²) in [5.74, 6) is -2.97. The predicted molar refractivity (Wildman–Crippen MR) is 120 cm³/mol. The minimum Gasteiger partial charge on any atom is -0.508 e. The number of phenols is 1. The molecule has 4 rings (SSSR count). The number of rotatable bonds is 7. The van der Waals surface area contributed by atoms with Gasteiger partial charge in [-0.2, -0.15) is 0 Å². The lowest BCUT2D eigenvalue weighted by Gasteiger charge is -2.08. The average molecular weight is 468 g/mol. The van der Waals surface area contributed by atoms with E-state index >= 15 is 0 Å². The molecular formula is C24H18F2N2O4S. The van der Waals surface area contributed by atoms with Crippen LogP contribution in [-0.2, 0) is 6.61 Å². The van der Waals surface area contributed by atoms with Crippen molar-refractivity contribution in [2.24, 2.45) is 5.73 Å². The Labute approximate surface area is 191 Å². The summed E-state index contributed by atoms with van der Waals surface area (Å²) in [4.78, 5) is 16.8. The van der Waals surface area contributed by atoms with Gasteiger partial charge in [0.25, 0.3) is 5.91 Å². The molecule has 0 radical (unpaired) electrons. The zero-order chi connectivity index (χ0) is 23.5. The van der Waals surface area contributed by atoms with E-state index in [1.54, 1.807) is 37.4 Å². The molecule has 1 aromatic heterocycles. The fourth-order valence-corrected chi connectivity index (χ4v) is 4.22. The number of benzene rings is 3. The normalized spacial score (nSPS) is 10.8. The number of nitrogens with two attached hydrogens (primary N) is 1. The molecule has 9 heteroatoms. The molecule has 0 atom stereocenters. The van der Waals surface area contributed by atoms with E-state index in [0.29, 0.717) is 16.5 Å². The molecular weight excluding hydrogens is 450 g/mol. The number of carbonyl (C=O) groups is 1. The van der Waals surface area contributed by atoms with Crippen LogP contribution in [-0.4, -0.2) is 23.1 Å². The number of nitrogens with zero attached hydrogens (tertiary/aromatic N) is 1. The van der Waals surface area contributed by atoms with E-state index in [1.165, 1.54) is 11.3 Å². The largest absolute Gasteiger partial charge is 0.508 e. The van der Waals surface area contributed by atoms with Crippen molar-refractivity contribution in [1.82, 2.24) is 4.98 Å². The highest BCUT2D eigenvalue weighted by atomic mass is 32.1. The Morgan fingerprint density at radius 3 is 2.52 bits per heavy atom. The van der Waals surface area contributed by atoms with E-state index in [4.69, 9.17) is 15.2 Å². The van der Waals surface area contributed by atoms with Gasteiger partial charge in [-0.1, -0.05) is 12.1 Å². The molecule has 3 aromatic carbocycles. The maximum Gasteiger partial charge on any atom is 0.254 e. The van der Waals surface area contributed by atoms with Gasteiger partial charge in [0.1, 0.15) is 34.5 Å². The molecule has 0 saturated carbocycles. The third-order valence-electron chi connectivity index (χ3n) is 4.80. The summed E-state index contributed by atoms with van der Waals surface area (Å²) in [5, 5.41) is 10.4. The van der Waals surface area contributed by atoms with Crippen molar-refractivity contribution in [3.05, 3.63) is 82.9 Å². The highest BCUT2D eigenvalue weighted by Crippen LogP contribution is 2.39. The maximum atomic E-state index is 14.5. The van der Waals surface area contributed by atoms with Gasteiger partial charge in [-0.05, 0) is 54.1 Å². The van der Waals surface area contributed by atoms with Gasteiger partial charge in [0.15, 0.2) is 11.6 Å². The number of aromatic hydroxyl groups is 1. The average Bonchev–Trinajstić information content (AvgIpc) is 3.23. The third-order valence-corrected chi connectivity index (χ3v) is 5.87. The van der Waals surface area contributed by atoms with Crippen LogP contribution in [0.25, 0.3) is 21.7 Å². The van der Waals surface area contributed by atoms with Crippen LogP contribution >= 0.6 is 11.3 Å². The fraction of sp³-hybridized carbons (Fsp3) is 0.0833. The highest BCUT2D eigenvalue weighted by Gasteiger charge is 2.21. The van der Waals surface area contributed by atoms with Crippen molar-refractivity contribution in [2.75, 3.05) is 7.11 Å². The first kappa shape index (κ1) is 22.2. The summed E-state index contributed by atoms with van der Waals surface area (Å²) in [7, 11) is 1.57. The number of aromatic nitrogens is 1. The van der Waals surface area contributed by atoms with E-state index in [-0.39, 0.29) is 18.1 Å². The number of primary amides is 1. The molecule has 168 valence electrons. The van der Waals surface area contributed by atoms with Gasteiger partial charge in [-0.3, -0.25) is 4.79 Å². The van der Waals surface area contributed by atoms with Gasteiger partial charge in [0.2, 0.25) is 0 Å². The van der Waals surface area contributed by atoms with Crippen molar-refractivity contribution >= 4 is 17.2 Å². The molecule has 0 spiro atoms. The first-order chi connectivity index (χ1) is 15.9. The smallest absolute Gasteiger partial charge is 0.254 e. The first-order valence-electron chi connectivity index (χ1n) is 9.71. The number of hydrogen-bond donors (Lipinski definition) is 2. The summed E-state index contributed by atoms with van der Waals surface area (Å²) in [5.41, 5.74) is 6.40. The number of carbonyl (C=O) groups excluding carboxylic acids is 1. The SMILES string of the molecule is COc1ccc(-c2nc(COc3ccc(F)c(C(N)=O)c3F)sc2-c2cccc(O)c2)cc1. The van der Waals surface area contributed by atoms with E-state index < -0.39 is 23.1 Å². The van der Waals surface area contributed by atoms with Crippen molar-refractivity contribution in [3.8, 4) is 38.9 Å². The van der Waals surface area contributed by atoms with Gasteiger partial charge in [0, 0.05) is 5.56 Å². The number of phenolic OH excluding ortho intramolecular Hbond substituents is 1. The first-order valence-corrected chi connectivity index (χ1v) is 10.5. The summed E-state index contributed by atoms with van der Waals surface area (Å²) < 4.78 is 38.9. The predicted octanol–water partition coefficient (Wildman–Crippen LogP) is 5.15. The lowest BCUT2D eigenvalue weighted by Crippen LogP contribution is -2.16. The summed E-state index contributed by atoms with van der Waals surface area (Å²) in [6.45, 7) is -0.132. The zero-order valence-corrected chi connectivity index (χ0v) is 18.2. The molecule has 0 bridgehead atoms. The summed E-state index contributed by atoms with van der Waals surface area (Å²) >= 11 is 1.30. The topological polar surface area (TPSA) is 94.7 Å². The Morgan fingerprint density at radius 1 is 1.09 bits per heavy atom. The molecule has 6 nitrogen and oxygen atoms in total. The maximum absolute atomic E-state index is 14.5. The van der Waals surface area contributed by atoms with Crippen LogP contribution in [0, 0.1) is 11.6 Å². The monoisotopic (exact) mass is 468 g/mol. The molecule has 0 unspecified atom stereocenters. The van der Waals surface area contributed by atoms with Gasteiger partial charge >= 0.3 is 0 Å². The fourth-order valence-electron chi connectivity index (χ4n) is 3.22. The molecule has 33 heavy (non-hydrogen) atoms.